The third-order valence-electron chi connectivity index (χ3n) is 3.87. The van der Waals surface area contributed by atoms with E-state index in [1.165, 1.54) is 40.9 Å². The summed E-state index contributed by atoms with van der Waals surface area (Å²) in [5, 5.41) is 5.78. The zero-order valence-electron chi connectivity index (χ0n) is 11.2. The monoisotopic (exact) mass is 294 g/mol. The van der Waals surface area contributed by atoms with Crippen LogP contribution in [-0.4, -0.2) is 31.1 Å². The van der Waals surface area contributed by atoms with Gasteiger partial charge in [-0.1, -0.05) is 29.8 Å². The second-order valence-corrected chi connectivity index (χ2v) is 6.81. The lowest BCUT2D eigenvalue weighted by Gasteiger charge is -2.29. The molecule has 1 N–H and O–H groups in total. The fraction of sp³-hybridized carbons (Fsp3) is 0.467. The van der Waals surface area contributed by atoms with E-state index in [4.69, 9.17) is 11.6 Å². The summed E-state index contributed by atoms with van der Waals surface area (Å²) in [6, 6.07) is 9.01. The molecule has 1 aromatic heterocycles. The van der Waals surface area contributed by atoms with Crippen molar-refractivity contribution >= 4 is 33.0 Å². The number of likely N-dealkylation sites (tertiary alicyclic amines) is 1. The van der Waals surface area contributed by atoms with Crippen LogP contribution < -0.4 is 5.32 Å². The second kappa shape index (κ2) is 5.80. The number of thiophene rings is 1. The number of nitrogens with zero attached hydrogens (tertiary/aromatic N) is 1. The molecule has 4 heteroatoms. The Kier molecular flexibility index (Phi) is 4.08. The highest BCUT2D eigenvalue weighted by atomic mass is 35.5. The molecule has 2 heterocycles. The number of benzene rings is 1. The summed E-state index contributed by atoms with van der Waals surface area (Å²) in [5.74, 6) is 0. The van der Waals surface area contributed by atoms with Crippen LogP contribution in [0, 0.1) is 0 Å². The SMILES string of the molecule is CN1CCC(NCc2sc3ccccc3c2Cl)CC1. The van der Waals surface area contributed by atoms with Gasteiger partial charge >= 0.3 is 0 Å². The number of nitrogens with one attached hydrogen (secondary N) is 1. The van der Waals surface area contributed by atoms with Crippen molar-refractivity contribution < 1.29 is 0 Å². The van der Waals surface area contributed by atoms with Crippen molar-refractivity contribution in [3.8, 4) is 0 Å². The molecule has 0 saturated carbocycles. The largest absolute Gasteiger partial charge is 0.309 e. The Balaban J connectivity index is 1.67. The van der Waals surface area contributed by atoms with Crippen molar-refractivity contribution in [2.75, 3.05) is 20.1 Å². The fourth-order valence-electron chi connectivity index (χ4n) is 2.63. The Labute approximate surface area is 123 Å². The van der Waals surface area contributed by atoms with E-state index in [1.54, 1.807) is 0 Å². The van der Waals surface area contributed by atoms with Gasteiger partial charge in [-0.3, -0.25) is 0 Å². The summed E-state index contributed by atoms with van der Waals surface area (Å²) in [6.45, 7) is 3.28. The van der Waals surface area contributed by atoms with E-state index >= 15 is 0 Å². The van der Waals surface area contributed by atoms with Gasteiger partial charge in [0.1, 0.15) is 0 Å². The number of fused-ring (bicyclic) bond motifs is 1. The fourth-order valence-corrected chi connectivity index (χ4v) is 4.08. The molecule has 1 saturated heterocycles. The lowest BCUT2D eigenvalue weighted by atomic mass is 10.1. The van der Waals surface area contributed by atoms with Gasteiger partial charge in [0.15, 0.2) is 0 Å². The minimum atomic E-state index is 0.637. The molecule has 19 heavy (non-hydrogen) atoms. The average Bonchev–Trinajstić information content (AvgIpc) is 2.76. The number of hydrogen-bond acceptors (Lipinski definition) is 3. The molecule has 0 radical (unpaired) electrons. The van der Waals surface area contributed by atoms with Gasteiger partial charge in [-0.2, -0.15) is 0 Å². The number of piperidine rings is 1. The molecular formula is C15H19ClN2S. The van der Waals surface area contributed by atoms with E-state index in [9.17, 15) is 0 Å². The van der Waals surface area contributed by atoms with Crippen LogP contribution in [0.2, 0.25) is 5.02 Å². The molecule has 1 aliphatic heterocycles. The topological polar surface area (TPSA) is 15.3 Å². The summed E-state index contributed by atoms with van der Waals surface area (Å²) in [5.41, 5.74) is 0. The van der Waals surface area contributed by atoms with E-state index in [0.717, 1.165) is 11.6 Å². The highest BCUT2D eigenvalue weighted by Gasteiger charge is 2.17. The van der Waals surface area contributed by atoms with E-state index in [-0.39, 0.29) is 0 Å². The Morgan fingerprint density at radius 3 is 2.79 bits per heavy atom. The third-order valence-corrected chi connectivity index (χ3v) is 5.59. The lowest BCUT2D eigenvalue weighted by molar-refractivity contribution is 0.234. The molecule has 1 aromatic carbocycles. The summed E-state index contributed by atoms with van der Waals surface area (Å²) < 4.78 is 1.28. The van der Waals surface area contributed by atoms with Crippen molar-refractivity contribution in [3.05, 3.63) is 34.2 Å². The van der Waals surface area contributed by atoms with Crippen LogP contribution in [0.1, 0.15) is 17.7 Å². The number of rotatable bonds is 3. The molecule has 0 unspecified atom stereocenters. The third kappa shape index (κ3) is 2.95. The average molecular weight is 295 g/mol. The molecular weight excluding hydrogens is 276 g/mol. The Bertz CT molecular complexity index is 558. The van der Waals surface area contributed by atoms with Crippen molar-refractivity contribution in [2.24, 2.45) is 0 Å². The standard InChI is InChI=1S/C15H19ClN2S/c1-18-8-6-11(7-9-18)17-10-14-15(16)12-4-2-3-5-13(12)19-14/h2-5,11,17H,6-10H2,1H3. The Morgan fingerprint density at radius 2 is 2.05 bits per heavy atom. The number of halogens is 1. The summed E-state index contributed by atoms with van der Waals surface area (Å²) in [7, 11) is 2.19. The van der Waals surface area contributed by atoms with Gasteiger partial charge in [-0.05, 0) is 39.0 Å². The Hall–Kier alpha value is -0.610. The van der Waals surface area contributed by atoms with Gasteiger partial charge in [-0.15, -0.1) is 11.3 Å². The maximum Gasteiger partial charge on any atom is 0.0636 e. The van der Waals surface area contributed by atoms with Crippen LogP contribution in [0.15, 0.2) is 24.3 Å². The molecule has 2 nitrogen and oxygen atoms in total. The van der Waals surface area contributed by atoms with Crippen molar-refractivity contribution in [3.63, 3.8) is 0 Å². The molecule has 102 valence electrons. The quantitative estimate of drug-likeness (QED) is 0.928. The Morgan fingerprint density at radius 1 is 1.32 bits per heavy atom. The molecule has 0 bridgehead atoms. The van der Waals surface area contributed by atoms with E-state index < -0.39 is 0 Å². The van der Waals surface area contributed by atoms with Crippen molar-refractivity contribution in [1.29, 1.82) is 0 Å². The highest BCUT2D eigenvalue weighted by molar-refractivity contribution is 7.19. The predicted molar refractivity (Wildman–Crippen MR) is 84.2 cm³/mol. The lowest BCUT2D eigenvalue weighted by Crippen LogP contribution is -2.40. The normalized spacial score (nSPS) is 18.2. The van der Waals surface area contributed by atoms with Gasteiger partial charge in [0.25, 0.3) is 0 Å². The second-order valence-electron chi connectivity index (χ2n) is 5.29. The van der Waals surface area contributed by atoms with Crippen LogP contribution in [0.25, 0.3) is 10.1 Å². The van der Waals surface area contributed by atoms with Gasteiger partial charge in [0, 0.05) is 27.5 Å². The van der Waals surface area contributed by atoms with Gasteiger partial charge in [0.05, 0.1) is 5.02 Å². The maximum atomic E-state index is 6.46. The molecule has 1 fully saturated rings. The van der Waals surface area contributed by atoms with Crippen LogP contribution in [0.4, 0.5) is 0 Å². The molecule has 0 aliphatic carbocycles. The molecule has 1 aliphatic rings. The van der Waals surface area contributed by atoms with Crippen molar-refractivity contribution in [2.45, 2.75) is 25.4 Å². The molecule has 3 rings (SSSR count). The summed E-state index contributed by atoms with van der Waals surface area (Å²) in [6.07, 6.45) is 2.47. The summed E-state index contributed by atoms with van der Waals surface area (Å²) in [4.78, 5) is 3.66. The number of hydrogen-bond donors (Lipinski definition) is 1. The zero-order valence-corrected chi connectivity index (χ0v) is 12.7. The first-order chi connectivity index (χ1) is 9.24. The zero-order chi connectivity index (χ0) is 13.2. The van der Waals surface area contributed by atoms with Crippen LogP contribution in [0.3, 0.4) is 0 Å². The van der Waals surface area contributed by atoms with E-state index in [2.05, 4.69) is 41.5 Å². The molecule has 0 spiro atoms. The highest BCUT2D eigenvalue weighted by Crippen LogP contribution is 2.35. The minimum Gasteiger partial charge on any atom is -0.309 e. The first-order valence-corrected chi connectivity index (χ1v) is 8.01. The first-order valence-electron chi connectivity index (χ1n) is 6.82. The van der Waals surface area contributed by atoms with Crippen LogP contribution in [-0.2, 0) is 6.54 Å². The van der Waals surface area contributed by atoms with Gasteiger partial charge in [-0.25, -0.2) is 0 Å². The van der Waals surface area contributed by atoms with E-state index in [0.29, 0.717) is 6.04 Å². The predicted octanol–water partition coefficient (Wildman–Crippen LogP) is 3.74. The maximum absolute atomic E-state index is 6.46. The smallest absolute Gasteiger partial charge is 0.0636 e. The van der Waals surface area contributed by atoms with Crippen molar-refractivity contribution in [1.82, 2.24) is 10.2 Å². The van der Waals surface area contributed by atoms with Gasteiger partial charge < -0.3 is 10.2 Å². The molecule has 0 atom stereocenters. The first kappa shape index (κ1) is 13.4. The van der Waals surface area contributed by atoms with Crippen LogP contribution >= 0.6 is 22.9 Å². The minimum absolute atomic E-state index is 0.637. The molecule has 0 amide bonds. The molecule has 2 aromatic rings. The van der Waals surface area contributed by atoms with Gasteiger partial charge in [0.2, 0.25) is 0 Å². The van der Waals surface area contributed by atoms with Crippen LogP contribution in [0.5, 0.6) is 0 Å². The summed E-state index contributed by atoms with van der Waals surface area (Å²) >= 11 is 8.27. The van der Waals surface area contributed by atoms with E-state index in [1.807, 2.05) is 11.3 Å².